The molecule has 0 aromatic heterocycles. The first-order valence-electron chi connectivity index (χ1n) is 6.72. The predicted molar refractivity (Wildman–Crippen MR) is 88.9 cm³/mol. The largest absolute Gasteiger partial charge is 0.497 e. The summed E-state index contributed by atoms with van der Waals surface area (Å²) in [6.45, 7) is 2.02. The molecule has 0 spiro atoms. The second-order valence-electron chi connectivity index (χ2n) is 5.28. The van der Waals surface area contributed by atoms with Crippen molar-refractivity contribution in [1.29, 1.82) is 0 Å². The van der Waals surface area contributed by atoms with E-state index in [4.69, 9.17) is 15.2 Å². The van der Waals surface area contributed by atoms with Crippen molar-refractivity contribution < 1.29 is 9.47 Å². The van der Waals surface area contributed by atoms with Gasteiger partial charge in [0.25, 0.3) is 0 Å². The molecule has 0 aliphatic rings. The van der Waals surface area contributed by atoms with Gasteiger partial charge in [-0.15, -0.1) is 0 Å². The highest BCUT2D eigenvalue weighted by atomic mass is 79.9. The van der Waals surface area contributed by atoms with Crippen LogP contribution in [0.15, 0.2) is 46.9 Å². The second kappa shape index (κ2) is 6.50. The van der Waals surface area contributed by atoms with Gasteiger partial charge in [-0.3, -0.25) is 0 Å². The van der Waals surface area contributed by atoms with E-state index in [1.165, 1.54) is 0 Å². The summed E-state index contributed by atoms with van der Waals surface area (Å²) in [5, 5.41) is 0. The van der Waals surface area contributed by atoms with Crippen LogP contribution in [0.1, 0.15) is 18.1 Å². The first-order valence-corrected chi connectivity index (χ1v) is 7.51. The van der Waals surface area contributed by atoms with Crippen LogP contribution in [0.5, 0.6) is 11.5 Å². The zero-order valence-corrected chi connectivity index (χ0v) is 14.1. The van der Waals surface area contributed by atoms with E-state index >= 15 is 0 Å². The van der Waals surface area contributed by atoms with Gasteiger partial charge in [0.05, 0.1) is 14.2 Å². The second-order valence-corrected chi connectivity index (χ2v) is 6.14. The molecule has 2 N–H and O–H groups in total. The summed E-state index contributed by atoms with van der Waals surface area (Å²) < 4.78 is 11.6. The van der Waals surface area contributed by atoms with E-state index in [1.54, 1.807) is 14.2 Å². The Morgan fingerprint density at radius 2 is 1.71 bits per heavy atom. The average molecular weight is 350 g/mol. The fraction of sp³-hybridized carbons (Fsp3) is 0.294. The molecule has 0 saturated heterocycles. The first kappa shape index (κ1) is 15.9. The van der Waals surface area contributed by atoms with E-state index < -0.39 is 5.54 Å². The summed E-state index contributed by atoms with van der Waals surface area (Å²) in [7, 11) is 3.32. The van der Waals surface area contributed by atoms with E-state index in [1.807, 2.05) is 49.4 Å². The highest BCUT2D eigenvalue weighted by molar-refractivity contribution is 9.10. The molecule has 0 amide bonds. The number of hydrogen-bond acceptors (Lipinski definition) is 3. The Morgan fingerprint density at radius 1 is 1.05 bits per heavy atom. The molecule has 0 radical (unpaired) electrons. The standard InChI is InChI=1S/C17H20BrNO2/c1-17(19,13-5-4-6-14(10-13)20-2)11-12-9-15(21-3)7-8-16(12)18/h4-10H,11,19H2,1-3H3. The van der Waals surface area contributed by atoms with Crippen molar-refractivity contribution in [3.63, 3.8) is 0 Å². The van der Waals surface area contributed by atoms with Gasteiger partial charge >= 0.3 is 0 Å². The van der Waals surface area contributed by atoms with Crippen molar-refractivity contribution in [1.82, 2.24) is 0 Å². The van der Waals surface area contributed by atoms with Crippen molar-refractivity contribution in [2.45, 2.75) is 18.9 Å². The topological polar surface area (TPSA) is 44.5 Å². The Labute approximate surface area is 134 Å². The minimum atomic E-state index is -0.497. The fourth-order valence-corrected chi connectivity index (χ4v) is 2.68. The molecule has 2 aromatic carbocycles. The Balaban J connectivity index is 2.31. The quantitative estimate of drug-likeness (QED) is 0.890. The number of hydrogen-bond donors (Lipinski definition) is 1. The molecule has 0 aliphatic heterocycles. The van der Waals surface area contributed by atoms with Crippen LogP contribution in [-0.2, 0) is 12.0 Å². The van der Waals surface area contributed by atoms with Crippen molar-refractivity contribution in [3.8, 4) is 11.5 Å². The van der Waals surface area contributed by atoms with Crippen molar-refractivity contribution in [2.24, 2.45) is 5.73 Å². The summed E-state index contributed by atoms with van der Waals surface area (Å²) >= 11 is 3.58. The maximum Gasteiger partial charge on any atom is 0.119 e. The zero-order chi connectivity index (χ0) is 15.5. The van der Waals surface area contributed by atoms with Gasteiger partial charge in [-0.05, 0) is 54.8 Å². The highest BCUT2D eigenvalue weighted by Crippen LogP contribution is 2.30. The number of halogens is 1. The lowest BCUT2D eigenvalue weighted by molar-refractivity contribution is 0.409. The molecule has 2 aromatic rings. The number of methoxy groups -OCH3 is 2. The number of nitrogens with two attached hydrogens (primary N) is 1. The van der Waals surface area contributed by atoms with Crippen LogP contribution in [0.25, 0.3) is 0 Å². The van der Waals surface area contributed by atoms with E-state index in [9.17, 15) is 0 Å². The van der Waals surface area contributed by atoms with Gasteiger partial charge in [-0.2, -0.15) is 0 Å². The molecular weight excluding hydrogens is 330 g/mol. The lowest BCUT2D eigenvalue weighted by atomic mass is 9.86. The van der Waals surface area contributed by atoms with Crippen molar-refractivity contribution in [2.75, 3.05) is 14.2 Å². The van der Waals surface area contributed by atoms with Crippen molar-refractivity contribution >= 4 is 15.9 Å². The number of benzene rings is 2. The van der Waals surface area contributed by atoms with E-state index in [0.717, 1.165) is 27.1 Å². The van der Waals surface area contributed by atoms with Gasteiger partial charge < -0.3 is 15.2 Å². The van der Waals surface area contributed by atoms with E-state index in [-0.39, 0.29) is 0 Å². The molecule has 0 fully saturated rings. The maximum atomic E-state index is 6.54. The van der Waals surface area contributed by atoms with Gasteiger partial charge in [0.15, 0.2) is 0 Å². The van der Waals surface area contributed by atoms with Crippen LogP contribution < -0.4 is 15.2 Å². The van der Waals surface area contributed by atoms with Gasteiger partial charge in [0, 0.05) is 10.0 Å². The van der Waals surface area contributed by atoms with Crippen molar-refractivity contribution in [3.05, 3.63) is 58.1 Å². The third kappa shape index (κ3) is 3.77. The van der Waals surface area contributed by atoms with Crippen LogP contribution in [0.3, 0.4) is 0 Å². The lowest BCUT2D eigenvalue weighted by Gasteiger charge is -2.26. The molecular formula is C17H20BrNO2. The maximum absolute atomic E-state index is 6.54. The average Bonchev–Trinajstić information content (AvgIpc) is 2.49. The SMILES string of the molecule is COc1cccc(C(C)(N)Cc2cc(OC)ccc2Br)c1. The number of ether oxygens (including phenoxy) is 2. The zero-order valence-electron chi connectivity index (χ0n) is 12.5. The third-order valence-corrected chi connectivity index (χ3v) is 4.31. The molecule has 1 atom stereocenters. The summed E-state index contributed by atoms with van der Waals surface area (Å²) in [6, 6.07) is 13.8. The van der Waals surface area contributed by atoms with Gasteiger partial charge in [-0.1, -0.05) is 28.1 Å². The molecule has 0 bridgehead atoms. The molecule has 1 unspecified atom stereocenters. The third-order valence-electron chi connectivity index (χ3n) is 3.54. The molecule has 2 rings (SSSR count). The van der Waals surface area contributed by atoms with E-state index in [0.29, 0.717) is 6.42 Å². The Bertz CT molecular complexity index is 626. The predicted octanol–water partition coefficient (Wildman–Crippen LogP) is 3.88. The van der Waals surface area contributed by atoms with Gasteiger partial charge in [0.2, 0.25) is 0 Å². The summed E-state index contributed by atoms with van der Waals surface area (Å²) in [5.41, 5.74) is 8.19. The molecule has 3 nitrogen and oxygen atoms in total. The highest BCUT2D eigenvalue weighted by Gasteiger charge is 2.23. The summed E-state index contributed by atoms with van der Waals surface area (Å²) in [6.07, 6.45) is 0.692. The molecule has 0 saturated carbocycles. The van der Waals surface area contributed by atoms with Crippen LogP contribution >= 0.6 is 15.9 Å². The minimum Gasteiger partial charge on any atom is -0.497 e. The smallest absolute Gasteiger partial charge is 0.119 e. The molecule has 112 valence electrons. The molecule has 4 heteroatoms. The minimum absolute atomic E-state index is 0.497. The van der Waals surface area contributed by atoms with Crippen LogP contribution in [0, 0.1) is 0 Å². The normalized spacial score (nSPS) is 13.6. The molecule has 0 aliphatic carbocycles. The Morgan fingerprint density at radius 3 is 2.38 bits per heavy atom. The first-order chi connectivity index (χ1) is 9.96. The lowest BCUT2D eigenvalue weighted by Crippen LogP contribution is -2.35. The molecule has 0 heterocycles. The monoisotopic (exact) mass is 349 g/mol. The van der Waals surface area contributed by atoms with Gasteiger partial charge in [0.1, 0.15) is 11.5 Å². The Kier molecular flexibility index (Phi) is 4.91. The van der Waals surface area contributed by atoms with Crippen LogP contribution in [-0.4, -0.2) is 14.2 Å². The summed E-state index contributed by atoms with van der Waals surface area (Å²) in [5.74, 6) is 1.64. The van der Waals surface area contributed by atoms with Crippen LogP contribution in [0.2, 0.25) is 0 Å². The summed E-state index contributed by atoms with van der Waals surface area (Å²) in [4.78, 5) is 0. The fourth-order valence-electron chi connectivity index (χ4n) is 2.29. The number of rotatable bonds is 5. The van der Waals surface area contributed by atoms with E-state index in [2.05, 4.69) is 15.9 Å². The molecule has 21 heavy (non-hydrogen) atoms. The van der Waals surface area contributed by atoms with Gasteiger partial charge in [-0.25, -0.2) is 0 Å². The Hall–Kier alpha value is -1.52. The van der Waals surface area contributed by atoms with Crippen LogP contribution in [0.4, 0.5) is 0 Å².